The van der Waals surface area contributed by atoms with Crippen LogP contribution in [0.3, 0.4) is 0 Å². The second-order valence-corrected chi connectivity index (χ2v) is 8.77. The zero-order valence-electron chi connectivity index (χ0n) is 16.3. The summed E-state index contributed by atoms with van der Waals surface area (Å²) in [6.07, 6.45) is 1.67. The van der Waals surface area contributed by atoms with Crippen molar-refractivity contribution in [2.45, 2.75) is 58.4 Å². The van der Waals surface area contributed by atoms with Gasteiger partial charge in [0.15, 0.2) is 5.69 Å². The van der Waals surface area contributed by atoms with Crippen LogP contribution in [0, 0.1) is 5.92 Å². The van der Waals surface area contributed by atoms with Crippen molar-refractivity contribution in [1.29, 1.82) is 0 Å². The molecular formula is C19H28N4O4. The predicted octanol–water partition coefficient (Wildman–Crippen LogP) is 1.88. The minimum atomic E-state index is -0.527. The largest absolute Gasteiger partial charge is 0.444 e. The van der Waals surface area contributed by atoms with Crippen molar-refractivity contribution < 1.29 is 19.1 Å². The summed E-state index contributed by atoms with van der Waals surface area (Å²) in [6.45, 7) is 9.42. The molecule has 3 aliphatic heterocycles. The Morgan fingerprint density at radius 1 is 1.22 bits per heavy atom. The van der Waals surface area contributed by atoms with Gasteiger partial charge in [0.1, 0.15) is 5.60 Å². The Hall–Kier alpha value is -2.09. The van der Waals surface area contributed by atoms with Gasteiger partial charge >= 0.3 is 6.09 Å². The minimum Gasteiger partial charge on any atom is -0.444 e. The molecule has 0 spiro atoms. The molecule has 3 aliphatic rings. The number of likely N-dealkylation sites (tertiary alicyclic amines) is 1. The van der Waals surface area contributed by atoms with E-state index in [4.69, 9.17) is 9.47 Å². The van der Waals surface area contributed by atoms with E-state index in [-0.39, 0.29) is 18.1 Å². The van der Waals surface area contributed by atoms with E-state index in [9.17, 15) is 9.59 Å². The molecule has 0 radical (unpaired) electrons. The highest BCUT2D eigenvalue weighted by Crippen LogP contribution is 2.28. The Balaban J connectivity index is 1.47. The molecule has 0 N–H and O–H groups in total. The van der Waals surface area contributed by atoms with Gasteiger partial charge in [-0.2, -0.15) is 5.10 Å². The number of aromatic nitrogens is 2. The molecule has 1 aromatic rings. The Bertz CT molecular complexity index is 727. The predicted molar refractivity (Wildman–Crippen MR) is 97.2 cm³/mol. The first-order valence-electron chi connectivity index (χ1n) is 9.74. The first-order chi connectivity index (χ1) is 12.8. The summed E-state index contributed by atoms with van der Waals surface area (Å²) in [5, 5.41) is 4.53. The molecule has 0 saturated carbocycles. The lowest BCUT2D eigenvalue weighted by molar-refractivity contribution is 0.0236. The molecule has 2 bridgehead atoms. The van der Waals surface area contributed by atoms with Crippen LogP contribution < -0.4 is 0 Å². The second kappa shape index (κ2) is 6.82. The number of piperidine rings is 1. The van der Waals surface area contributed by atoms with Crippen molar-refractivity contribution in [3.63, 3.8) is 0 Å². The Kier molecular flexibility index (Phi) is 4.61. The minimum absolute atomic E-state index is 0.0420. The van der Waals surface area contributed by atoms with Crippen LogP contribution in [-0.4, -0.2) is 69.5 Å². The average Bonchev–Trinajstić information content (AvgIpc) is 3.08. The van der Waals surface area contributed by atoms with E-state index in [0.29, 0.717) is 37.8 Å². The van der Waals surface area contributed by atoms with Crippen molar-refractivity contribution >= 4 is 12.0 Å². The summed E-state index contributed by atoms with van der Waals surface area (Å²) in [7, 11) is 0. The number of rotatable bonds is 1. The zero-order valence-corrected chi connectivity index (χ0v) is 16.3. The highest BCUT2D eigenvalue weighted by molar-refractivity contribution is 5.92. The molecule has 2 amide bonds. The fraction of sp³-hybridized carbons (Fsp3) is 0.737. The normalized spacial score (nSPS) is 25.1. The van der Waals surface area contributed by atoms with Gasteiger partial charge in [-0.3, -0.25) is 9.48 Å². The van der Waals surface area contributed by atoms with Crippen LogP contribution in [0.5, 0.6) is 0 Å². The van der Waals surface area contributed by atoms with Gasteiger partial charge in [-0.1, -0.05) is 0 Å². The van der Waals surface area contributed by atoms with Crippen LogP contribution in [0.25, 0.3) is 0 Å². The van der Waals surface area contributed by atoms with Gasteiger partial charge in [0.05, 0.1) is 24.9 Å². The Morgan fingerprint density at radius 2 is 2.04 bits per heavy atom. The molecule has 4 heterocycles. The fourth-order valence-electron chi connectivity index (χ4n) is 4.04. The summed E-state index contributed by atoms with van der Waals surface area (Å²) in [6, 6.07) is 1.82. The van der Waals surface area contributed by atoms with Crippen LogP contribution in [0.15, 0.2) is 6.07 Å². The van der Waals surface area contributed by atoms with Crippen LogP contribution in [0.2, 0.25) is 0 Å². The lowest BCUT2D eigenvalue weighted by Crippen LogP contribution is -2.43. The van der Waals surface area contributed by atoms with E-state index >= 15 is 0 Å². The third kappa shape index (κ3) is 3.95. The number of hydrogen-bond acceptors (Lipinski definition) is 5. The van der Waals surface area contributed by atoms with Gasteiger partial charge in [-0.25, -0.2) is 4.79 Å². The number of ether oxygens (including phenoxy) is 2. The quantitative estimate of drug-likeness (QED) is 0.748. The molecule has 2 atom stereocenters. The van der Waals surface area contributed by atoms with Crippen molar-refractivity contribution in [1.82, 2.24) is 19.6 Å². The maximum Gasteiger partial charge on any atom is 0.410 e. The zero-order chi connectivity index (χ0) is 19.2. The molecule has 0 aliphatic carbocycles. The topological polar surface area (TPSA) is 76.9 Å². The fourth-order valence-corrected chi connectivity index (χ4v) is 4.04. The summed E-state index contributed by atoms with van der Waals surface area (Å²) in [4.78, 5) is 28.9. The number of amides is 2. The number of aryl methyl sites for hydroxylation is 1. The molecular weight excluding hydrogens is 348 g/mol. The van der Waals surface area contributed by atoms with Crippen LogP contribution in [0.4, 0.5) is 4.79 Å². The maximum atomic E-state index is 12.9. The van der Waals surface area contributed by atoms with Crippen LogP contribution in [0.1, 0.15) is 49.8 Å². The van der Waals surface area contributed by atoms with Crippen LogP contribution >= 0.6 is 0 Å². The Morgan fingerprint density at radius 3 is 2.78 bits per heavy atom. The van der Waals surface area contributed by atoms with Crippen molar-refractivity contribution in [2.24, 2.45) is 5.92 Å². The number of hydrogen-bond donors (Lipinski definition) is 0. The molecule has 2 saturated heterocycles. The SMILES string of the molecule is CC(C)(C)OC(=O)N1CCCn2nc(C(=O)N3C[C@@H]4CO[C@@H](C4)C3)cc2C1. The molecule has 2 fully saturated rings. The van der Waals surface area contributed by atoms with Gasteiger partial charge in [0.2, 0.25) is 0 Å². The molecule has 148 valence electrons. The summed E-state index contributed by atoms with van der Waals surface area (Å²) < 4.78 is 13.0. The highest BCUT2D eigenvalue weighted by Gasteiger charge is 2.37. The van der Waals surface area contributed by atoms with E-state index < -0.39 is 5.60 Å². The van der Waals surface area contributed by atoms with E-state index in [0.717, 1.165) is 31.7 Å². The molecule has 8 heteroatoms. The first-order valence-corrected chi connectivity index (χ1v) is 9.74. The monoisotopic (exact) mass is 376 g/mol. The smallest absolute Gasteiger partial charge is 0.410 e. The molecule has 8 nitrogen and oxygen atoms in total. The average molecular weight is 376 g/mol. The third-order valence-corrected chi connectivity index (χ3v) is 5.24. The number of fused-ring (bicyclic) bond motifs is 3. The van der Waals surface area contributed by atoms with E-state index in [2.05, 4.69) is 5.10 Å². The second-order valence-electron chi connectivity index (χ2n) is 8.77. The molecule has 27 heavy (non-hydrogen) atoms. The Labute approximate surface area is 159 Å². The lowest BCUT2D eigenvalue weighted by Gasteiger charge is -2.29. The first kappa shape index (κ1) is 18.3. The van der Waals surface area contributed by atoms with E-state index in [1.54, 1.807) is 4.90 Å². The summed E-state index contributed by atoms with van der Waals surface area (Å²) in [5.41, 5.74) is 0.802. The highest BCUT2D eigenvalue weighted by atomic mass is 16.6. The molecule has 0 unspecified atom stereocenters. The van der Waals surface area contributed by atoms with Gasteiger partial charge in [-0.15, -0.1) is 0 Å². The van der Waals surface area contributed by atoms with Gasteiger partial charge < -0.3 is 19.3 Å². The number of carbonyl (C=O) groups is 2. The lowest BCUT2D eigenvalue weighted by atomic mass is 10.00. The standard InChI is InChI=1S/C19H28N4O4/c1-19(2,3)27-18(25)21-5-4-6-23-14(10-21)8-16(20-23)17(24)22-9-13-7-15(11-22)26-12-13/h8,13,15H,4-7,9-12H2,1-3H3/t13-,15+/m1/s1. The third-order valence-electron chi connectivity index (χ3n) is 5.24. The van der Waals surface area contributed by atoms with Gasteiger partial charge in [0, 0.05) is 32.1 Å². The van der Waals surface area contributed by atoms with Crippen LogP contribution in [-0.2, 0) is 22.6 Å². The van der Waals surface area contributed by atoms with Crippen molar-refractivity contribution in [3.8, 4) is 0 Å². The van der Waals surface area contributed by atoms with E-state index in [1.165, 1.54) is 0 Å². The van der Waals surface area contributed by atoms with Crippen molar-refractivity contribution in [2.75, 3.05) is 26.2 Å². The molecule has 0 aromatic carbocycles. The van der Waals surface area contributed by atoms with Gasteiger partial charge in [-0.05, 0) is 39.7 Å². The van der Waals surface area contributed by atoms with E-state index in [1.807, 2.05) is 36.4 Å². The molecule has 1 aromatic heterocycles. The maximum absolute atomic E-state index is 12.9. The number of carbonyl (C=O) groups excluding carboxylic acids is 2. The number of nitrogens with zero attached hydrogens (tertiary/aromatic N) is 4. The summed E-state index contributed by atoms with van der Waals surface area (Å²) >= 11 is 0. The molecule has 4 rings (SSSR count). The van der Waals surface area contributed by atoms with Gasteiger partial charge in [0.25, 0.3) is 5.91 Å². The van der Waals surface area contributed by atoms with Crippen molar-refractivity contribution in [3.05, 3.63) is 17.5 Å². The summed E-state index contributed by atoms with van der Waals surface area (Å²) in [5.74, 6) is 0.399.